The molecular formula is C20H17F3N2O4. The summed E-state index contributed by atoms with van der Waals surface area (Å²) < 4.78 is 43.6. The van der Waals surface area contributed by atoms with Crippen LogP contribution in [0.4, 0.5) is 24.5 Å². The van der Waals surface area contributed by atoms with Crippen LogP contribution in [0.25, 0.3) is 0 Å². The van der Waals surface area contributed by atoms with Crippen molar-refractivity contribution in [3.05, 3.63) is 59.7 Å². The number of carbonyl (C=O) groups excluding carboxylic acids is 3. The van der Waals surface area contributed by atoms with E-state index in [-0.39, 0.29) is 5.91 Å². The van der Waals surface area contributed by atoms with E-state index in [4.69, 9.17) is 4.74 Å². The topological polar surface area (TPSA) is 75.7 Å². The van der Waals surface area contributed by atoms with E-state index >= 15 is 0 Å². The average Bonchev–Trinajstić information content (AvgIpc) is 3.12. The van der Waals surface area contributed by atoms with E-state index < -0.39 is 35.8 Å². The number of rotatable bonds is 5. The first-order chi connectivity index (χ1) is 13.8. The van der Waals surface area contributed by atoms with Gasteiger partial charge in [0, 0.05) is 24.3 Å². The van der Waals surface area contributed by atoms with Crippen molar-refractivity contribution in [2.75, 3.05) is 23.4 Å². The number of benzene rings is 2. The van der Waals surface area contributed by atoms with Crippen LogP contribution in [0.5, 0.6) is 0 Å². The first-order valence-corrected chi connectivity index (χ1v) is 8.79. The van der Waals surface area contributed by atoms with Crippen LogP contribution in [0.1, 0.15) is 28.8 Å². The van der Waals surface area contributed by atoms with Crippen molar-refractivity contribution < 1.29 is 32.3 Å². The molecule has 0 unspecified atom stereocenters. The molecule has 0 bridgehead atoms. The van der Waals surface area contributed by atoms with Gasteiger partial charge in [-0.3, -0.25) is 9.59 Å². The molecule has 0 saturated carbocycles. The number of carbonyl (C=O) groups is 3. The van der Waals surface area contributed by atoms with E-state index in [9.17, 15) is 27.6 Å². The van der Waals surface area contributed by atoms with Crippen molar-refractivity contribution in [1.82, 2.24) is 0 Å². The number of nitrogens with one attached hydrogen (secondary N) is 1. The Kier molecular flexibility index (Phi) is 5.86. The molecule has 9 heteroatoms. The van der Waals surface area contributed by atoms with Crippen LogP contribution in [0.2, 0.25) is 0 Å². The molecule has 2 aromatic rings. The lowest BCUT2D eigenvalue weighted by atomic mass is 10.1. The number of ether oxygens (including phenoxy) is 1. The highest BCUT2D eigenvalue weighted by Crippen LogP contribution is 2.32. The van der Waals surface area contributed by atoms with Crippen molar-refractivity contribution in [1.29, 1.82) is 0 Å². The maximum absolute atomic E-state index is 13.0. The minimum atomic E-state index is -4.71. The summed E-state index contributed by atoms with van der Waals surface area (Å²) in [6, 6.07) is 10.7. The Balaban J connectivity index is 1.56. The van der Waals surface area contributed by atoms with E-state index in [0.29, 0.717) is 24.3 Å². The van der Waals surface area contributed by atoms with Gasteiger partial charge in [-0.25, -0.2) is 4.79 Å². The highest BCUT2D eigenvalue weighted by Gasteiger charge is 2.35. The number of halogens is 3. The third-order valence-corrected chi connectivity index (χ3v) is 4.32. The summed E-state index contributed by atoms with van der Waals surface area (Å²) in [6.07, 6.45) is -3.42. The number of anilines is 2. The normalized spacial score (nSPS) is 14.0. The molecule has 3 rings (SSSR count). The summed E-state index contributed by atoms with van der Waals surface area (Å²) in [5.41, 5.74) is -0.678. The molecule has 1 heterocycles. The van der Waals surface area contributed by atoms with Gasteiger partial charge in [0.05, 0.1) is 11.1 Å². The monoisotopic (exact) mass is 406 g/mol. The summed E-state index contributed by atoms with van der Waals surface area (Å²) in [5, 5.41) is 2.48. The van der Waals surface area contributed by atoms with Gasteiger partial charge in [-0.1, -0.05) is 12.1 Å². The third kappa shape index (κ3) is 4.92. The molecule has 0 aromatic heterocycles. The van der Waals surface area contributed by atoms with Gasteiger partial charge in [0.1, 0.15) is 0 Å². The van der Waals surface area contributed by atoms with Gasteiger partial charge in [0.15, 0.2) is 6.61 Å². The van der Waals surface area contributed by atoms with Gasteiger partial charge in [-0.15, -0.1) is 0 Å². The molecule has 152 valence electrons. The minimum absolute atomic E-state index is 0.0350. The summed E-state index contributed by atoms with van der Waals surface area (Å²) in [6.45, 7) is -0.0999. The van der Waals surface area contributed by atoms with E-state index in [2.05, 4.69) is 5.32 Å². The Morgan fingerprint density at radius 2 is 1.76 bits per heavy atom. The maximum Gasteiger partial charge on any atom is 0.417 e. The minimum Gasteiger partial charge on any atom is -0.452 e. The second-order valence-electron chi connectivity index (χ2n) is 6.36. The number of amides is 2. The van der Waals surface area contributed by atoms with Crippen molar-refractivity contribution in [3.63, 3.8) is 0 Å². The summed E-state index contributed by atoms with van der Waals surface area (Å²) >= 11 is 0. The van der Waals surface area contributed by atoms with Crippen LogP contribution >= 0.6 is 0 Å². The fourth-order valence-corrected chi connectivity index (χ4v) is 2.96. The molecular weight excluding hydrogens is 389 g/mol. The lowest BCUT2D eigenvalue weighted by Gasteiger charge is -2.16. The van der Waals surface area contributed by atoms with Crippen LogP contribution in [0.3, 0.4) is 0 Å². The molecule has 2 aromatic carbocycles. The van der Waals surface area contributed by atoms with Crippen LogP contribution in [-0.2, 0) is 20.5 Å². The van der Waals surface area contributed by atoms with Crippen molar-refractivity contribution in [2.24, 2.45) is 0 Å². The standard InChI is InChI=1S/C20H17F3N2O4/c21-20(22,23)16-5-2-1-4-15(16)19(28)29-12-17(26)24-13-7-9-14(10-8-13)25-11-3-6-18(25)27/h1-2,4-5,7-10H,3,6,11-12H2,(H,24,26). The van der Waals surface area contributed by atoms with Crippen molar-refractivity contribution >= 4 is 29.2 Å². The highest BCUT2D eigenvalue weighted by atomic mass is 19.4. The second kappa shape index (κ2) is 8.34. The van der Waals surface area contributed by atoms with Gasteiger partial charge in [0.25, 0.3) is 5.91 Å². The fourth-order valence-electron chi connectivity index (χ4n) is 2.96. The molecule has 2 amide bonds. The Labute approximate surface area is 164 Å². The predicted octanol–water partition coefficient (Wildman–Crippen LogP) is 3.63. The quantitative estimate of drug-likeness (QED) is 0.770. The largest absolute Gasteiger partial charge is 0.452 e. The van der Waals surface area contributed by atoms with Crippen LogP contribution in [-0.4, -0.2) is 30.9 Å². The van der Waals surface area contributed by atoms with Gasteiger partial charge < -0.3 is 15.0 Å². The van der Waals surface area contributed by atoms with E-state index in [1.165, 1.54) is 6.07 Å². The molecule has 6 nitrogen and oxygen atoms in total. The number of alkyl halides is 3. The number of esters is 1. The van der Waals surface area contributed by atoms with E-state index in [0.717, 1.165) is 24.6 Å². The lowest BCUT2D eigenvalue weighted by Crippen LogP contribution is -2.24. The van der Waals surface area contributed by atoms with Crippen LogP contribution in [0.15, 0.2) is 48.5 Å². The molecule has 1 aliphatic heterocycles. The number of hydrogen-bond acceptors (Lipinski definition) is 4. The summed E-state index contributed by atoms with van der Waals surface area (Å²) in [5.74, 6) is -1.91. The first-order valence-electron chi connectivity index (χ1n) is 8.79. The second-order valence-corrected chi connectivity index (χ2v) is 6.36. The Morgan fingerprint density at radius 1 is 1.07 bits per heavy atom. The van der Waals surface area contributed by atoms with Gasteiger partial charge in [-0.2, -0.15) is 13.2 Å². The molecule has 0 aliphatic carbocycles. The smallest absolute Gasteiger partial charge is 0.417 e. The Morgan fingerprint density at radius 3 is 2.38 bits per heavy atom. The summed E-state index contributed by atoms with van der Waals surface area (Å²) in [7, 11) is 0. The molecule has 1 fully saturated rings. The highest BCUT2D eigenvalue weighted by molar-refractivity contribution is 5.97. The van der Waals surface area contributed by atoms with Gasteiger partial charge in [0.2, 0.25) is 5.91 Å². The zero-order valence-electron chi connectivity index (χ0n) is 15.2. The lowest BCUT2D eigenvalue weighted by molar-refractivity contribution is -0.138. The zero-order chi connectivity index (χ0) is 21.0. The van der Waals surface area contributed by atoms with Crippen molar-refractivity contribution in [3.8, 4) is 0 Å². The molecule has 1 N–H and O–H groups in total. The molecule has 1 aliphatic rings. The average molecular weight is 406 g/mol. The van der Waals surface area contributed by atoms with Gasteiger partial charge in [-0.05, 0) is 42.8 Å². The molecule has 0 radical (unpaired) electrons. The molecule has 1 saturated heterocycles. The van der Waals surface area contributed by atoms with Crippen LogP contribution in [0, 0.1) is 0 Å². The zero-order valence-corrected chi connectivity index (χ0v) is 15.2. The fraction of sp³-hybridized carbons (Fsp3) is 0.250. The molecule has 0 spiro atoms. The molecule has 29 heavy (non-hydrogen) atoms. The summed E-state index contributed by atoms with van der Waals surface area (Å²) in [4.78, 5) is 37.3. The maximum atomic E-state index is 13.0. The predicted molar refractivity (Wildman–Crippen MR) is 98.4 cm³/mol. The SMILES string of the molecule is O=C(COC(=O)c1ccccc1C(F)(F)F)Nc1ccc(N2CCCC2=O)cc1. The Hall–Kier alpha value is -3.36. The number of nitrogens with zero attached hydrogens (tertiary/aromatic N) is 1. The van der Waals surface area contributed by atoms with E-state index in [1.54, 1.807) is 29.2 Å². The third-order valence-electron chi connectivity index (χ3n) is 4.32. The molecule has 0 atom stereocenters. The first kappa shape index (κ1) is 20.4. The van der Waals surface area contributed by atoms with Crippen LogP contribution < -0.4 is 10.2 Å². The van der Waals surface area contributed by atoms with Gasteiger partial charge >= 0.3 is 12.1 Å². The number of hydrogen-bond donors (Lipinski definition) is 1. The Bertz CT molecular complexity index is 926. The van der Waals surface area contributed by atoms with Crippen molar-refractivity contribution in [2.45, 2.75) is 19.0 Å². The van der Waals surface area contributed by atoms with E-state index in [1.807, 2.05) is 0 Å².